The summed E-state index contributed by atoms with van der Waals surface area (Å²) in [6, 6.07) is 4.43. The molecule has 0 aliphatic carbocycles. The summed E-state index contributed by atoms with van der Waals surface area (Å²) in [6.07, 6.45) is 1.07. The quantitative estimate of drug-likeness (QED) is 0.825. The molecule has 2 rings (SSSR count). The summed E-state index contributed by atoms with van der Waals surface area (Å²) in [4.78, 5) is 0. The lowest BCUT2D eigenvalue weighted by molar-refractivity contribution is 0.464. The average molecular weight is 281 g/mol. The Morgan fingerprint density at radius 3 is 3.00 bits per heavy atom. The van der Waals surface area contributed by atoms with Crippen LogP contribution in [0.1, 0.15) is 23.9 Å². The van der Waals surface area contributed by atoms with Crippen LogP contribution in [0, 0.1) is 12.7 Å². The van der Waals surface area contributed by atoms with E-state index in [0.29, 0.717) is 17.5 Å². The molecule has 102 valence electrons. The summed E-state index contributed by atoms with van der Waals surface area (Å²) in [5.41, 5.74) is 0.863. The van der Waals surface area contributed by atoms with E-state index in [0.717, 1.165) is 23.5 Å². The van der Waals surface area contributed by atoms with Crippen LogP contribution in [0.3, 0.4) is 0 Å². The van der Waals surface area contributed by atoms with E-state index in [1.807, 2.05) is 6.92 Å². The van der Waals surface area contributed by atoms with Crippen molar-refractivity contribution in [2.75, 3.05) is 6.54 Å². The van der Waals surface area contributed by atoms with Crippen LogP contribution in [-0.2, 0) is 6.54 Å². The summed E-state index contributed by atoms with van der Waals surface area (Å²) < 4.78 is 18.7. The van der Waals surface area contributed by atoms with Gasteiger partial charge in [0.1, 0.15) is 16.6 Å². The van der Waals surface area contributed by atoms with E-state index in [1.165, 1.54) is 23.5 Å². The molecule has 0 spiro atoms. The van der Waals surface area contributed by atoms with E-state index in [-0.39, 0.29) is 5.82 Å². The summed E-state index contributed by atoms with van der Waals surface area (Å²) in [6.45, 7) is 5.59. The molecule has 1 aromatic heterocycles. The first-order valence-electron chi connectivity index (χ1n) is 6.16. The Labute approximate surface area is 115 Å². The van der Waals surface area contributed by atoms with Crippen molar-refractivity contribution in [3.8, 4) is 10.9 Å². The third kappa shape index (κ3) is 3.97. The molecule has 0 aliphatic rings. The maximum absolute atomic E-state index is 13.1. The molecule has 0 radical (unpaired) electrons. The monoisotopic (exact) mass is 281 g/mol. The molecular formula is C13H16FN3OS. The minimum atomic E-state index is -0.324. The number of aryl methyl sites for hydroxylation is 1. The summed E-state index contributed by atoms with van der Waals surface area (Å²) in [5.74, 6) is 0.152. The van der Waals surface area contributed by atoms with Crippen molar-refractivity contribution in [3.63, 3.8) is 0 Å². The van der Waals surface area contributed by atoms with Gasteiger partial charge < -0.3 is 10.1 Å². The molecule has 0 saturated heterocycles. The predicted molar refractivity (Wildman–Crippen MR) is 73.1 cm³/mol. The lowest BCUT2D eigenvalue weighted by atomic mass is 10.2. The molecule has 2 aromatic rings. The van der Waals surface area contributed by atoms with Crippen molar-refractivity contribution in [2.24, 2.45) is 0 Å². The van der Waals surface area contributed by atoms with Gasteiger partial charge in [0.05, 0.1) is 0 Å². The van der Waals surface area contributed by atoms with Crippen LogP contribution in [0.25, 0.3) is 0 Å². The van der Waals surface area contributed by atoms with Crippen molar-refractivity contribution in [1.29, 1.82) is 0 Å². The van der Waals surface area contributed by atoms with Crippen LogP contribution < -0.4 is 10.1 Å². The number of hydrogen-bond acceptors (Lipinski definition) is 5. The van der Waals surface area contributed by atoms with Crippen molar-refractivity contribution in [3.05, 3.63) is 34.6 Å². The number of aromatic nitrogens is 2. The molecule has 4 nitrogen and oxygen atoms in total. The predicted octanol–water partition coefficient (Wildman–Crippen LogP) is 3.28. The smallest absolute Gasteiger partial charge is 0.299 e. The van der Waals surface area contributed by atoms with Crippen LogP contribution in [0.4, 0.5) is 4.39 Å². The molecule has 1 aromatic carbocycles. The van der Waals surface area contributed by atoms with Gasteiger partial charge in [-0.05, 0) is 31.5 Å². The number of benzene rings is 1. The lowest BCUT2D eigenvalue weighted by Gasteiger charge is -2.04. The van der Waals surface area contributed by atoms with Crippen LogP contribution in [-0.4, -0.2) is 16.7 Å². The van der Waals surface area contributed by atoms with Gasteiger partial charge >= 0.3 is 0 Å². The number of rotatable bonds is 6. The number of halogens is 1. The Hall–Kier alpha value is -1.53. The number of hydrogen-bond donors (Lipinski definition) is 1. The van der Waals surface area contributed by atoms with Gasteiger partial charge in [-0.1, -0.05) is 29.4 Å². The topological polar surface area (TPSA) is 47.0 Å². The van der Waals surface area contributed by atoms with Gasteiger partial charge in [-0.25, -0.2) is 4.39 Å². The first-order valence-corrected chi connectivity index (χ1v) is 6.97. The fraction of sp³-hybridized carbons (Fsp3) is 0.385. The molecule has 1 N–H and O–H groups in total. The standard InChI is InChI=1S/C13H16FN3OS/c1-3-6-15-8-12-16-17-13(19-12)18-11-7-10(14)5-4-9(11)2/h4-5,7,15H,3,6,8H2,1-2H3. The first-order chi connectivity index (χ1) is 9.19. The van der Waals surface area contributed by atoms with Gasteiger partial charge in [-0.3, -0.25) is 0 Å². The van der Waals surface area contributed by atoms with Crippen LogP contribution in [0.2, 0.25) is 0 Å². The van der Waals surface area contributed by atoms with Gasteiger partial charge in [0.25, 0.3) is 5.19 Å². The van der Waals surface area contributed by atoms with E-state index >= 15 is 0 Å². The fourth-order valence-electron chi connectivity index (χ4n) is 1.50. The second-order valence-corrected chi connectivity index (χ2v) is 5.17. The van der Waals surface area contributed by atoms with Gasteiger partial charge in [0, 0.05) is 12.6 Å². The first kappa shape index (κ1) is 13.9. The van der Waals surface area contributed by atoms with Crippen LogP contribution in [0.5, 0.6) is 10.9 Å². The van der Waals surface area contributed by atoms with E-state index in [4.69, 9.17) is 4.74 Å². The van der Waals surface area contributed by atoms with Crippen LogP contribution in [0.15, 0.2) is 18.2 Å². The Morgan fingerprint density at radius 1 is 1.37 bits per heavy atom. The van der Waals surface area contributed by atoms with Crippen molar-refractivity contribution < 1.29 is 9.13 Å². The highest BCUT2D eigenvalue weighted by atomic mass is 32.1. The number of nitrogens with zero attached hydrogens (tertiary/aromatic N) is 2. The maximum atomic E-state index is 13.1. The molecule has 19 heavy (non-hydrogen) atoms. The number of nitrogens with one attached hydrogen (secondary N) is 1. The SMILES string of the molecule is CCCNCc1nnc(Oc2cc(F)ccc2C)s1. The normalized spacial score (nSPS) is 10.7. The zero-order valence-corrected chi connectivity index (χ0v) is 11.8. The van der Waals surface area contributed by atoms with E-state index in [1.54, 1.807) is 6.07 Å². The summed E-state index contributed by atoms with van der Waals surface area (Å²) in [7, 11) is 0. The highest BCUT2D eigenvalue weighted by molar-refractivity contribution is 7.13. The molecule has 0 amide bonds. The van der Waals surface area contributed by atoms with Gasteiger partial charge in [0.15, 0.2) is 0 Å². The van der Waals surface area contributed by atoms with Gasteiger partial charge in [-0.2, -0.15) is 0 Å². The molecule has 0 fully saturated rings. The summed E-state index contributed by atoms with van der Waals surface area (Å²) >= 11 is 1.36. The van der Waals surface area contributed by atoms with E-state index in [9.17, 15) is 4.39 Å². The molecule has 1 heterocycles. The highest BCUT2D eigenvalue weighted by Gasteiger charge is 2.08. The van der Waals surface area contributed by atoms with Crippen molar-refractivity contribution in [2.45, 2.75) is 26.8 Å². The van der Waals surface area contributed by atoms with E-state index < -0.39 is 0 Å². The molecule has 0 unspecified atom stereocenters. The van der Waals surface area contributed by atoms with Crippen molar-refractivity contribution in [1.82, 2.24) is 15.5 Å². The average Bonchev–Trinajstić information content (AvgIpc) is 2.82. The molecule has 0 aliphatic heterocycles. The van der Waals surface area contributed by atoms with Gasteiger partial charge in [-0.15, -0.1) is 5.10 Å². The Morgan fingerprint density at radius 2 is 2.21 bits per heavy atom. The second kappa shape index (κ2) is 6.58. The van der Waals surface area contributed by atoms with Crippen LogP contribution >= 0.6 is 11.3 Å². The minimum absolute atomic E-state index is 0.324. The molecule has 0 saturated carbocycles. The number of ether oxygens (including phenoxy) is 1. The minimum Gasteiger partial charge on any atom is -0.429 e. The maximum Gasteiger partial charge on any atom is 0.299 e. The molecule has 0 bridgehead atoms. The van der Waals surface area contributed by atoms with Gasteiger partial charge in [0.2, 0.25) is 0 Å². The Kier molecular flexibility index (Phi) is 4.81. The second-order valence-electron chi connectivity index (χ2n) is 4.15. The Balaban J connectivity index is 2.01. The largest absolute Gasteiger partial charge is 0.429 e. The van der Waals surface area contributed by atoms with E-state index in [2.05, 4.69) is 22.4 Å². The molecule has 0 atom stereocenters. The Bertz CT molecular complexity index is 544. The zero-order valence-electron chi connectivity index (χ0n) is 10.9. The third-order valence-corrected chi connectivity index (χ3v) is 3.30. The third-order valence-electron chi connectivity index (χ3n) is 2.50. The molecule has 6 heteroatoms. The zero-order chi connectivity index (χ0) is 13.7. The fourth-order valence-corrected chi connectivity index (χ4v) is 2.17. The lowest BCUT2D eigenvalue weighted by Crippen LogP contribution is -2.13. The summed E-state index contributed by atoms with van der Waals surface area (Å²) in [5, 5.41) is 12.5. The highest BCUT2D eigenvalue weighted by Crippen LogP contribution is 2.28. The molecular weight excluding hydrogens is 265 g/mol. The van der Waals surface area contributed by atoms with Crippen molar-refractivity contribution >= 4 is 11.3 Å².